The van der Waals surface area contributed by atoms with Crippen LogP contribution in [0.25, 0.3) is 136 Å². The Morgan fingerprint density at radius 3 is 1.76 bits per heavy atom. The van der Waals surface area contributed by atoms with Crippen molar-refractivity contribution in [2.24, 2.45) is 0 Å². The molecular formula is C56H31N3. The molecule has 0 aliphatic heterocycles. The largest absolute Gasteiger partial charge is 0.309 e. The average molecular weight is 746 g/mol. The van der Waals surface area contributed by atoms with Gasteiger partial charge < -0.3 is 13.4 Å². The van der Waals surface area contributed by atoms with Crippen molar-refractivity contribution in [3.05, 3.63) is 188 Å². The molecule has 0 amide bonds. The molecule has 0 bridgehead atoms. The summed E-state index contributed by atoms with van der Waals surface area (Å²) in [6.45, 7) is 0. The van der Waals surface area contributed by atoms with Crippen molar-refractivity contribution in [3.63, 3.8) is 0 Å². The van der Waals surface area contributed by atoms with E-state index in [9.17, 15) is 0 Å². The first kappa shape index (κ1) is 30.3. The summed E-state index contributed by atoms with van der Waals surface area (Å²) in [6.07, 6.45) is 0. The molecule has 270 valence electrons. The summed E-state index contributed by atoms with van der Waals surface area (Å²) >= 11 is 0. The van der Waals surface area contributed by atoms with Gasteiger partial charge >= 0.3 is 0 Å². The molecule has 10 aromatic carbocycles. The van der Waals surface area contributed by atoms with Crippen LogP contribution in [-0.2, 0) is 0 Å². The van der Waals surface area contributed by atoms with E-state index in [1.165, 1.54) is 136 Å². The van der Waals surface area contributed by atoms with Crippen LogP contribution in [0.1, 0.15) is 0 Å². The van der Waals surface area contributed by atoms with Crippen molar-refractivity contribution in [3.8, 4) is 16.8 Å². The second kappa shape index (κ2) is 10.5. The van der Waals surface area contributed by atoms with Crippen LogP contribution in [0.5, 0.6) is 0 Å². The summed E-state index contributed by atoms with van der Waals surface area (Å²) < 4.78 is 7.58. The smallest absolute Gasteiger partial charge is 0.0627 e. The Morgan fingerprint density at radius 1 is 0.271 bits per heavy atom. The van der Waals surface area contributed by atoms with E-state index in [-0.39, 0.29) is 0 Å². The van der Waals surface area contributed by atoms with Gasteiger partial charge in [0.15, 0.2) is 0 Å². The van der Waals surface area contributed by atoms with Gasteiger partial charge in [0.25, 0.3) is 0 Å². The number of benzene rings is 10. The van der Waals surface area contributed by atoms with Gasteiger partial charge in [-0.05, 0) is 70.3 Å². The molecule has 0 spiro atoms. The van der Waals surface area contributed by atoms with E-state index in [1.807, 2.05) is 0 Å². The molecule has 0 saturated heterocycles. The Hall–Kier alpha value is -7.88. The molecule has 59 heavy (non-hydrogen) atoms. The minimum Gasteiger partial charge on any atom is -0.309 e. The van der Waals surface area contributed by atoms with Crippen LogP contribution in [-0.4, -0.2) is 13.4 Å². The number of rotatable bonds is 2. The van der Waals surface area contributed by atoms with Crippen molar-refractivity contribution in [1.29, 1.82) is 0 Å². The first-order valence-corrected chi connectivity index (χ1v) is 20.5. The summed E-state index contributed by atoms with van der Waals surface area (Å²) in [4.78, 5) is 0. The molecule has 5 heterocycles. The third-order valence-electron chi connectivity index (χ3n) is 13.6. The fraction of sp³-hybridized carbons (Fsp3) is 0. The lowest BCUT2D eigenvalue weighted by atomic mass is 9.96. The van der Waals surface area contributed by atoms with Gasteiger partial charge in [0.05, 0.1) is 44.1 Å². The van der Waals surface area contributed by atoms with Gasteiger partial charge in [0.1, 0.15) is 0 Å². The highest BCUT2D eigenvalue weighted by molar-refractivity contribution is 6.40. The normalized spacial score (nSPS) is 12.7. The molecule has 0 atom stereocenters. The molecule has 5 aromatic heterocycles. The van der Waals surface area contributed by atoms with Crippen LogP contribution in [0, 0.1) is 0 Å². The van der Waals surface area contributed by atoms with Gasteiger partial charge in [0.2, 0.25) is 0 Å². The van der Waals surface area contributed by atoms with E-state index in [0.717, 1.165) is 0 Å². The molecule has 3 heteroatoms. The predicted molar refractivity (Wildman–Crippen MR) is 251 cm³/mol. The number of hydrogen-bond acceptors (Lipinski definition) is 0. The van der Waals surface area contributed by atoms with Gasteiger partial charge in [-0.3, -0.25) is 0 Å². The van der Waals surface area contributed by atoms with Gasteiger partial charge in [-0.2, -0.15) is 0 Å². The standard InChI is InChI=1S/C56H31N3/c1-2-14-35(15-3-1)57-46-23-9-8-18-39(46)44-30-34(25-27-47(44)57)38-19-10-21-41-45-31-33-13-5-6-16-36(33)51-52-49(59(54(38)41)56(45)51)29-28-48-50(52)43-22-11-20-40-42-26-24-32-12-4-7-17-37(32)53(42)58(48)55(40)43/h1-31H. The van der Waals surface area contributed by atoms with Crippen LogP contribution < -0.4 is 0 Å². The highest BCUT2D eigenvalue weighted by atomic mass is 15.0. The van der Waals surface area contributed by atoms with E-state index in [0.29, 0.717) is 0 Å². The minimum atomic E-state index is 1.17. The Bertz CT molecular complexity index is 4290. The second-order valence-corrected chi connectivity index (χ2v) is 16.4. The summed E-state index contributed by atoms with van der Waals surface area (Å²) in [5.74, 6) is 0. The minimum absolute atomic E-state index is 1.17. The van der Waals surface area contributed by atoms with Crippen LogP contribution >= 0.6 is 0 Å². The lowest BCUT2D eigenvalue weighted by molar-refractivity contribution is 1.18. The van der Waals surface area contributed by atoms with E-state index in [2.05, 4.69) is 201 Å². The number of aromatic nitrogens is 3. The Morgan fingerprint density at radius 2 is 0.881 bits per heavy atom. The number of nitrogens with zero attached hydrogens (tertiary/aromatic N) is 3. The zero-order valence-corrected chi connectivity index (χ0v) is 31.7. The Balaban J connectivity index is 1.12. The summed E-state index contributed by atoms with van der Waals surface area (Å²) in [7, 11) is 0. The SMILES string of the molecule is c1ccc(-n2c3ccccc3c3cc(-c4cccc5c6cc7ccccc7c7c8c9c%10cccc%11c%12ccc%13ccccc%13c%12n(c9ccc8n(c45)c67)c%11%10)ccc32)cc1. The van der Waals surface area contributed by atoms with E-state index < -0.39 is 0 Å². The molecule has 0 N–H and O–H groups in total. The average Bonchev–Trinajstić information content (AvgIpc) is 4.09. The molecule has 0 aliphatic rings. The van der Waals surface area contributed by atoms with Crippen molar-refractivity contribution in [2.45, 2.75) is 0 Å². The highest BCUT2D eigenvalue weighted by Crippen LogP contribution is 2.50. The summed E-state index contributed by atoms with van der Waals surface area (Å²) in [6, 6.07) is 70.2. The molecule has 0 radical (unpaired) electrons. The maximum atomic E-state index is 2.61. The second-order valence-electron chi connectivity index (χ2n) is 16.4. The van der Waals surface area contributed by atoms with Crippen LogP contribution in [0.3, 0.4) is 0 Å². The summed E-state index contributed by atoms with van der Waals surface area (Å²) in [5, 5.41) is 18.2. The zero-order valence-electron chi connectivity index (χ0n) is 31.7. The molecule has 0 unspecified atom stereocenters. The van der Waals surface area contributed by atoms with Crippen molar-refractivity contribution < 1.29 is 0 Å². The molecule has 15 aromatic rings. The Kier molecular flexibility index (Phi) is 5.41. The first-order valence-electron chi connectivity index (χ1n) is 20.5. The predicted octanol–water partition coefficient (Wildman–Crippen LogP) is 15.1. The van der Waals surface area contributed by atoms with E-state index >= 15 is 0 Å². The molecule has 15 rings (SSSR count). The monoisotopic (exact) mass is 745 g/mol. The summed E-state index contributed by atoms with van der Waals surface area (Å²) in [5.41, 5.74) is 13.7. The van der Waals surface area contributed by atoms with Crippen LogP contribution in [0.4, 0.5) is 0 Å². The molecule has 0 saturated carbocycles. The number of hydrogen-bond donors (Lipinski definition) is 0. The molecular weight excluding hydrogens is 715 g/mol. The van der Waals surface area contributed by atoms with E-state index in [1.54, 1.807) is 0 Å². The van der Waals surface area contributed by atoms with E-state index in [4.69, 9.17) is 0 Å². The van der Waals surface area contributed by atoms with Crippen LogP contribution in [0.2, 0.25) is 0 Å². The maximum absolute atomic E-state index is 2.61. The Labute approximate surface area is 336 Å². The maximum Gasteiger partial charge on any atom is 0.0627 e. The van der Waals surface area contributed by atoms with Crippen molar-refractivity contribution >= 4 is 120 Å². The van der Waals surface area contributed by atoms with Crippen LogP contribution in [0.15, 0.2) is 188 Å². The lowest BCUT2D eigenvalue weighted by Crippen LogP contribution is -1.93. The quantitative estimate of drug-likeness (QED) is 0.167. The number of fused-ring (bicyclic) bond motifs is 20. The lowest BCUT2D eigenvalue weighted by Gasteiger charge is -2.09. The third-order valence-corrected chi connectivity index (χ3v) is 13.6. The third kappa shape index (κ3) is 3.58. The molecule has 0 aliphatic carbocycles. The molecule has 0 fully saturated rings. The fourth-order valence-electron chi connectivity index (χ4n) is 11.4. The van der Waals surface area contributed by atoms with Crippen molar-refractivity contribution in [2.75, 3.05) is 0 Å². The zero-order chi connectivity index (χ0) is 38.1. The first-order chi connectivity index (χ1) is 29.3. The number of para-hydroxylation sites is 4. The van der Waals surface area contributed by atoms with Gasteiger partial charge in [-0.15, -0.1) is 0 Å². The highest BCUT2D eigenvalue weighted by Gasteiger charge is 2.27. The van der Waals surface area contributed by atoms with Gasteiger partial charge in [-0.25, -0.2) is 0 Å². The molecule has 3 nitrogen and oxygen atoms in total. The van der Waals surface area contributed by atoms with Crippen molar-refractivity contribution in [1.82, 2.24) is 13.4 Å². The van der Waals surface area contributed by atoms with Gasteiger partial charge in [0, 0.05) is 70.5 Å². The topological polar surface area (TPSA) is 13.8 Å². The van der Waals surface area contributed by atoms with Gasteiger partial charge in [-0.1, -0.05) is 140 Å². The fourth-order valence-corrected chi connectivity index (χ4v) is 11.4.